The van der Waals surface area contributed by atoms with Gasteiger partial charge in [0.2, 0.25) is 11.8 Å². The fraction of sp³-hybridized carbons (Fsp3) is 0.750. The number of carbonyl (C=O) groups is 3. The van der Waals surface area contributed by atoms with Crippen LogP contribution in [0.15, 0.2) is 0 Å². The number of likely N-dealkylation sites (tertiary alicyclic amines) is 1. The minimum Gasteiger partial charge on any atom is -0.481 e. The summed E-state index contributed by atoms with van der Waals surface area (Å²) in [6.45, 7) is 5.26. The number of carboxylic acids is 1. The predicted molar refractivity (Wildman–Crippen MR) is 64.9 cm³/mol. The molecule has 1 fully saturated rings. The molecular formula is C12H20N2O4. The van der Waals surface area contributed by atoms with Crippen molar-refractivity contribution >= 4 is 17.8 Å². The van der Waals surface area contributed by atoms with Gasteiger partial charge in [0, 0.05) is 38.5 Å². The van der Waals surface area contributed by atoms with Gasteiger partial charge in [-0.25, -0.2) is 0 Å². The molecule has 0 radical (unpaired) electrons. The Labute approximate surface area is 107 Å². The van der Waals surface area contributed by atoms with Gasteiger partial charge in [0.05, 0.1) is 6.42 Å². The Morgan fingerprint density at radius 1 is 1.28 bits per heavy atom. The maximum absolute atomic E-state index is 11.4. The van der Waals surface area contributed by atoms with Crippen LogP contribution in [0.3, 0.4) is 0 Å². The topological polar surface area (TPSA) is 77.9 Å². The number of aliphatic carboxylic acids is 1. The molecule has 18 heavy (non-hydrogen) atoms. The van der Waals surface area contributed by atoms with Crippen molar-refractivity contribution in [1.29, 1.82) is 0 Å². The largest absolute Gasteiger partial charge is 0.481 e. The second-order valence-electron chi connectivity index (χ2n) is 4.71. The summed E-state index contributed by atoms with van der Waals surface area (Å²) < 4.78 is 0. The molecule has 1 aliphatic heterocycles. The summed E-state index contributed by atoms with van der Waals surface area (Å²) in [5.41, 5.74) is 0. The maximum atomic E-state index is 11.4. The summed E-state index contributed by atoms with van der Waals surface area (Å²) in [7, 11) is 0. The zero-order valence-electron chi connectivity index (χ0n) is 10.9. The van der Waals surface area contributed by atoms with E-state index in [2.05, 4.69) is 0 Å². The van der Waals surface area contributed by atoms with Gasteiger partial charge in [-0.3, -0.25) is 24.2 Å². The molecule has 1 N–H and O–H groups in total. The van der Waals surface area contributed by atoms with Crippen molar-refractivity contribution in [2.75, 3.05) is 19.6 Å². The van der Waals surface area contributed by atoms with E-state index >= 15 is 0 Å². The highest BCUT2D eigenvalue weighted by atomic mass is 16.4. The van der Waals surface area contributed by atoms with Crippen molar-refractivity contribution in [1.82, 2.24) is 9.80 Å². The van der Waals surface area contributed by atoms with E-state index in [9.17, 15) is 14.4 Å². The van der Waals surface area contributed by atoms with Crippen LogP contribution in [0, 0.1) is 0 Å². The molecule has 1 aliphatic rings. The van der Waals surface area contributed by atoms with Gasteiger partial charge >= 0.3 is 5.97 Å². The molecule has 0 aromatic rings. The molecule has 0 bridgehead atoms. The second-order valence-corrected chi connectivity index (χ2v) is 4.71. The van der Waals surface area contributed by atoms with Crippen LogP contribution in [0.25, 0.3) is 0 Å². The normalized spacial score (nSPS) is 16.1. The highest BCUT2D eigenvalue weighted by molar-refractivity contribution is 6.01. The predicted octanol–water partition coefficient (Wildman–Crippen LogP) is 0.320. The van der Waals surface area contributed by atoms with Gasteiger partial charge in [0.25, 0.3) is 0 Å². The lowest BCUT2D eigenvalue weighted by Crippen LogP contribution is -2.41. The van der Waals surface area contributed by atoms with Crippen LogP contribution in [0.5, 0.6) is 0 Å². The second kappa shape index (κ2) is 6.49. The number of carboxylic acid groups (broad SMARTS) is 1. The molecule has 0 unspecified atom stereocenters. The minimum atomic E-state index is -0.839. The Morgan fingerprint density at radius 3 is 2.28 bits per heavy atom. The van der Waals surface area contributed by atoms with Crippen LogP contribution in [0.4, 0.5) is 0 Å². The number of hydrogen-bond donors (Lipinski definition) is 1. The molecule has 0 aliphatic carbocycles. The molecule has 0 saturated carbocycles. The van der Waals surface area contributed by atoms with Gasteiger partial charge in [-0.15, -0.1) is 0 Å². The maximum Gasteiger partial charge on any atom is 0.304 e. The zero-order valence-corrected chi connectivity index (χ0v) is 10.9. The van der Waals surface area contributed by atoms with Crippen molar-refractivity contribution in [3.63, 3.8) is 0 Å². The molecule has 0 aromatic carbocycles. The average Bonchev–Trinajstić information content (AvgIpc) is 2.59. The Morgan fingerprint density at radius 2 is 1.83 bits per heavy atom. The quantitative estimate of drug-likeness (QED) is 0.664. The lowest BCUT2D eigenvalue weighted by Gasteiger charge is -2.27. The van der Waals surface area contributed by atoms with Gasteiger partial charge in [0.15, 0.2) is 0 Å². The standard InChI is InChI=1S/C12H20N2O4/c1-9(2)13(6-5-12(17)18)7-8-14-10(15)3-4-11(14)16/h9H,3-8H2,1-2H3,(H,17,18). The van der Waals surface area contributed by atoms with E-state index in [0.717, 1.165) is 0 Å². The number of hydrogen-bond acceptors (Lipinski definition) is 4. The first-order valence-corrected chi connectivity index (χ1v) is 6.21. The van der Waals surface area contributed by atoms with Crippen molar-refractivity contribution < 1.29 is 19.5 Å². The molecule has 0 spiro atoms. The molecule has 6 heteroatoms. The third-order valence-electron chi connectivity index (χ3n) is 3.11. The number of nitrogens with zero attached hydrogens (tertiary/aromatic N) is 2. The third kappa shape index (κ3) is 4.10. The molecule has 1 rings (SSSR count). The van der Waals surface area contributed by atoms with E-state index in [-0.39, 0.29) is 24.3 Å². The van der Waals surface area contributed by atoms with Gasteiger partial charge in [-0.05, 0) is 13.8 Å². The van der Waals surface area contributed by atoms with Gasteiger partial charge in [-0.1, -0.05) is 0 Å². The monoisotopic (exact) mass is 256 g/mol. The molecule has 0 aromatic heterocycles. The first-order valence-electron chi connectivity index (χ1n) is 6.21. The highest BCUT2D eigenvalue weighted by Gasteiger charge is 2.28. The molecule has 1 heterocycles. The Balaban J connectivity index is 2.44. The van der Waals surface area contributed by atoms with E-state index in [0.29, 0.717) is 32.5 Å². The third-order valence-corrected chi connectivity index (χ3v) is 3.11. The lowest BCUT2D eigenvalue weighted by molar-refractivity contribution is -0.140. The number of imide groups is 1. The molecule has 1 saturated heterocycles. The van der Waals surface area contributed by atoms with Crippen LogP contribution < -0.4 is 0 Å². The van der Waals surface area contributed by atoms with Crippen LogP contribution in [0.2, 0.25) is 0 Å². The zero-order chi connectivity index (χ0) is 13.7. The van der Waals surface area contributed by atoms with E-state index in [1.54, 1.807) is 0 Å². The highest BCUT2D eigenvalue weighted by Crippen LogP contribution is 2.11. The SMILES string of the molecule is CC(C)N(CCC(=O)O)CCN1C(=O)CCC1=O. The summed E-state index contributed by atoms with van der Waals surface area (Å²) in [4.78, 5) is 36.6. The first-order chi connectivity index (χ1) is 8.41. The lowest BCUT2D eigenvalue weighted by atomic mass is 10.2. The van der Waals surface area contributed by atoms with Gasteiger partial charge in [-0.2, -0.15) is 0 Å². The Bertz CT molecular complexity index is 325. The molecule has 102 valence electrons. The number of carbonyl (C=O) groups excluding carboxylic acids is 2. The molecule has 2 amide bonds. The van der Waals surface area contributed by atoms with E-state index in [4.69, 9.17) is 5.11 Å². The van der Waals surface area contributed by atoms with Crippen LogP contribution >= 0.6 is 0 Å². The van der Waals surface area contributed by atoms with E-state index in [1.807, 2.05) is 18.7 Å². The summed E-state index contributed by atoms with van der Waals surface area (Å²) in [5, 5.41) is 8.66. The fourth-order valence-corrected chi connectivity index (χ4v) is 1.97. The van der Waals surface area contributed by atoms with Crippen molar-refractivity contribution in [3.05, 3.63) is 0 Å². The van der Waals surface area contributed by atoms with Crippen LogP contribution in [-0.4, -0.2) is 58.4 Å². The van der Waals surface area contributed by atoms with Crippen molar-refractivity contribution in [3.8, 4) is 0 Å². The van der Waals surface area contributed by atoms with Gasteiger partial charge in [0.1, 0.15) is 0 Å². The Hall–Kier alpha value is -1.43. The summed E-state index contributed by atoms with van der Waals surface area (Å²) in [6.07, 6.45) is 0.672. The smallest absolute Gasteiger partial charge is 0.304 e. The van der Waals surface area contributed by atoms with Crippen LogP contribution in [-0.2, 0) is 14.4 Å². The molecule has 0 atom stereocenters. The van der Waals surface area contributed by atoms with Crippen LogP contribution in [0.1, 0.15) is 33.1 Å². The van der Waals surface area contributed by atoms with E-state index < -0.39 is 5.97 Å². The number of amides is 2. The molecule has 6 nitrogen and oxygen atoms in total. The summed E-state index contributed by atoms with van der Waals surface area (Å²) in [6, 6.07) is 0.192. The average molecular weight is 256 g/mol. The first kappa shape index (κ1) is 14.6. The minimum absolute atomic E-state index is 0.0695. The van der Waals surface area contributed by atoms with Crippen molar-refractivity contribution in [2.24, 2.45) is 0 Å². The fourth-order valence-electron chi connectivity index (χ4n) is 1.97. The van der Waals surface area contributed by atoms with E-state index in [1.165, 1.54) is 4.90 Å². The number of rotatable bonds is 7. The summed E-state index contributed by atoms with van der Waals surface area (Å²) in [5.74, 6) is -1.09. The molecular weight excluding hydrogens is 236 g/mol. The van der Waals surface area contributed by atoms with Gasteiger partial charge < -0.3 is 5.11 Å². The van der Waals surface area contributed by atoms with Crippen molar-refractivity contribution in [2.45, 2.75) is 39.2 Å². The summed E-state index contributed by atoms with van der Waals surface area (Å²) >= 11 is 0. The Kier molecular flexibility index (Phi) is 5.27.